The summed E-state index contributed by atoms with van der Waals surface area (Å²) in [6, 6.07) is 17.0. The molecule has 0 atom stereocenters. The predicted molar refractivity (Wildman–Crippen MR) is 85.3 cm³/mol. The van der Waals surface area contributed by atoms with Crippen LogP contribution < -0.4 is 5.32 Å². The van der Waals surface area contributed by atoms with Crippen LogP contribution in [0.2, 0.25) is 0 Å². The van der Waals surface area contributed by atoms with E-state index in [2.05, 4.69) is 10.3 Å². The predicted octanol–water partition coefficient (Wildman–Crippen LogP) is 2.66. The minimum Gasteiger partial charge on any atom is -0.392 e. The lowest BCUT2D eigenvalue weighted by atomic mass is 10.1. The molecule has 0 aliphatic heterocycles. The van der Waals surface area contributed by atoms with Crippen LogP contribution in [0, 0.1) is 0 Å². The molecule has 0 bridgehead atoms. The monoisotopic (exact) mass is 292 g/mol. The van der Waals surface area contributed by atoms with Gasteiger partial charge in [-0.15, -0.1) is 0 Å². The molecule has 0 aliphatic rings. The number of rotatable bonds is 4. The number of carbonyl (C=O) groups is 1. The molecule has 2 aromatic carbocycles. The van der Waals surface area contributed by atoms with Crippen LogP contribution in [0.25, 0.3) is 10.8 Å². The second kappa shape index (κ2) is 6.37. The molecule has 4 heteroatoms. The molecule has 0 spiro atoms. The number of carbonyl (C=O) groups excluding carboxylic acids is 1. The highest BCUT2D eigenvalue weighted by Gasteiger charge is 2.11. The molecule has 1 heterocycles. The van der Waals surface area contributed by atoms with E-state index in [1.807, 2.05) is 54.6 Å². The third-order valence-electron chi connectivity index (χ3n) is 3.62. The summed E-state index contributed by atoms with van der Waals surface area (Å²) in [6.07, 6.45) is 1.64. The van der Waals surface area contributed by atoms with Crippen LogP contribution >= 0.6 is 0 Å². The average molecular weight is 292 g/mol. The fraction of sp³-hybridized carbons (Fsp3) is 0.111. The second-order valence-electron chi connectivity index (χ2n) is 4.99. The van der Waals surface area contributed by atoms with E-state index in [4.69, 9.17) is 0 Å². The SMILES string of the molecule is O=C(NCc1ccccc1CO)c1nccc2ccccc12. The Kier molecular flexibility index (Phi) is 4.12. The lowest BCUT2D eigenvalue weighted by Crippen LogP contribution is -2.24. The fourth-order valence-corrected chi connectivity index (χ4v) is 2.44. The lowest BCUT2D eigenvalue weighted by Gasteiger charge is -2.10. The molecule has 0 saturated heterocycles. The molecule has 0 radical (unpaired) electrons. The van der Waals surface area contributed by atoms with Crippen molar-refractivity contribution in [2.45, 2.75) is 13.2 Å². The van der Waals surface area contributed by atoms with Gasteiger partial charge in [-0.1, -0.05) is 48.5 Å². The molecule has 3 aromatic rings. The Labute approximate surface area is 128 Å². The topological polar surface area (TPSA) is 62.2 Å². The van der Waals surface area contributed by atoms with Crippen molar-refractivity contribution >= 4 is 16.7 Å². The minimum absolute atomic E-state index is 0.0431. The first-order valence-corrected chi connectivity index (χ1v) is 7.09. The highest BCUT2D eigenvalue weighted by atomic mass is 16.3. The molecule has 1 amide bonds. The second-order valence-corrected chi connectivity index (χ2v) is 4.99. The molecule has 3 rings (SSSR count). The van der Waals surface area contributed by atoms with Crippen LogP contribution in [-0.2, 0) is 13.2 Å². The first kappa shape index (κ1) is 14.2. The molecular formula is C18H16N2O2. The highest BCUT2D eigenvalue weighted by molar-refractivity contribution is 6.05. The highest BCUT2D eigenvalue weighted by Crippen LogP contribution is 2.16. The van der Waals surface area contributed by atoms with Crippen molar-refractivity contribution in [1.29, 1.82) is 0 Å². The Hall–Kier alpha value is -2.72. The quantitative estimate of drug-likeness (QED) is 0.777. The standard InChI is InChI=1S/C18H16N2O2/c21-12-15-7-2-1-6-14(15)11-20-18(22)17-16-8-4-3-5-13(16)9-10-19-17/h1-10,21H,11-12H2,(H,20,22). The van der Waals surface area contributed by atoms with Crippen LogP contribution in [0.3, 0.4) is 0 Å². The molecule has 2 N–H and O–H groups in total. The number of hydrogen-bond donors (Lipinski definition) is 2. The van der Waals surface area contributed by atoms with Crippen LogP contribution in [-0.4, -0.2) is 16.0 Å². The summed E-state index contributed by atoms with van der Waals surface area (Å²) in [5.74, 6) is -0.218. The number of amides is 1. The van der Waals surface area contributed by atoms with Gasteiger partial charge < -0.3 is 10.4 Å². The van der Waals surface area contributed by atoms with Crippen molar-refractivity contribution in [2.75, 3.05) is 0 Å². The molecule has 22 heavy (non-hydrogen) atoms. The number of nitrogens with zero attached hydrogens (tertiary/aromatic N) is 1. The first-order chi connectivity index (χ1) is 10.8. The van der Waals surface area contributed by atoms with E-state index < -0.39 is 0 Å². The Bertz CT molecular complexity index is 810. The third kappa shape index (κ3) is 2.82. The van der Waals surface area contributed by atoms with Crippen molar-refractivity contribution in [3.05, 3.63) is 77.6 Å². The number of aromatic nitrogens is 1. The summed E-state index contributed by atoms with van der Waals surface area (Å²) in [6.45, 7) is 0.318. The van der Waals surface area contributed by atoms with E-state index in [1.165, 1.54) is 0 Å². The van der Waals surface area contributed by atoms with Gasteiger partial charge in [0.25, 0.3) is 5.91 Å². The van der Waals surface area contributed by atoms with Gasteiger partial charge >= 0.3 is 0 Å². The molecule has 0 fully saturated rings. The number of pyridine rings is 1. The van der Waals surface area contributed by atoms with Crippen LogP contribution in [0.5, 0.6) is 0 Å². The summed E-state index contributed by atoms with van der Waals surface area (Å²) >= 11 is 0. The molecule has 110 valence electrons. The molecule has 4 nitrogen and oxygen atoms in total. The number of fused-ring (bicyclic) bond motifs is 1. The van der Waals surface area contributed by atoms with Gasteiger partial charge in [0.15, 0.2) is 0 Å². The number of hydrogen-bond acceptors (Lipinski definition) is 3. The van der Waals surface area contributed by atoms with E-state index in [0.717, 1.165) is 21.9 Å². The number of nitrogens with one attached hydrogen (secondary N) is 1. The largest absolute Gasteiger partial charge is 0.392 e. The van der Waals surface area contributed by atoms with Gasteiger partial charge in [-0.25, -0.2) is 0 Å². The van der Waals surface area contributed by atoms with Crippen molar-refractivity contribution < 1.29 is 9.90 Å². The maximum atomic E-state index is 12.4. The van der Waals surface area contributed by atoms with E-state index in [9.17, 15) is 9.90 Å². The van der Waals surface area contributed by atoms with Crippen molar-refractivity contribution in [3.8, 4) is 0 Å². The van der Waals surface area contributed by atoms with E-state index in [0.29, 0.717) is 12.2 Å². The molecule has 1 aromatic heterocycles. The summed E-state index contributed by atoms with van der Waals surface area (Å²) in [4.78, 5) is 16.6. The van der Waals surface area contributed by atoms with Gasteiger partial charge in [-0.3, -0.25) is 9.78 Å². The fourth-order valence-electron chi connectivity index (χ4n) is 2.44. The average Bonchev–Trinajstić information content (AvgIpc) is 2.59. The zero-order chi connectivity index (χ0) is 15.4. The zero-order valence-electron chi connectivity index (χ0n) is 12.0. The maximum Gasteiger partial charge on any atom is 0.270 e. The summed E-state index contributed by atoms with van der Waals surface area (Å²) in [5.41, 5.74) is 2.13. The van der Waals surface area contributed by atoms with Gasteiger partial charge in [0.05, 0.1) is 6.61 Å². The zero-order valence-corrected chi connectivity index (χ0v) is 12.0. The molecule has 0 saturated carbocycles. The lowest BCUT2D eigenvalue weighted by molar-refractivity contribution is 0.0947. The summed E-state index contributed by atoms with van der Waals surface area (Å²) < 4.78 is 0. The van der Waals surface area contributed by atoms with Crippen LogP contribution in [0.4, 0.5) is 0 Å². The van der Waals surface area contributed by atoms with Crippen LogP contribution in [0.15, 0.2) is 60.8 Å². The Morgan fingerprint density at radius 3 is 2.55 bits per heavy atom. The summed E-state index contributed by atoms with van der Waals surface area (Å²) in [5, 5.41) is 14.0. The van der Waals surface area contributed by atoms with E-state index in [1.54, 1.807) is 6.20 Å². The Morgan fingerprint density at radius 1 is 1.00 bits per heavy atom. The van der Waals surface area contributed by atoms with Gasteiger partial charge in [-0.05, 0) is 22.6 Å². The summed E-state index contributed by atoms with van der Waals surface area (Å²) in [7, 11) is 0. The molecule has 0 aliphatic carbocycles. The van der Waals surface area contributed by atoms with E-state index >= 15 is 0 Å². The normalized spacial score (nSPS) is 10.6. The number of benzene rings is 2. The van der Waals surface area contributed by atoms with E-state index in [-0.39, 0.29) is 12.5 Å². The first-order valence-electron chi connectivity index (χ1n) is 7.09. The smallest absolute Gasteiger partial charge is 0.270 e. The third-order valence-corrected chi connectivity index (χ3v) is 3.62. The van der Waals surface area contributed by atoms with Crippen LogP contribution in [0.1, 0.15) is 21.6 Å². The minimum atomic E-state index is -0.218. The van der Waals surface area contributed by atoms with Crippen molar-refractivity contribution in [2.24, 2.45) is 0 Å². The van der Waals surface area contributed by atoms with Gasteiger partial charge in [-0.2, -0.15) is 0 Å². The van der Waals surface area contributed by atoms with Gasteiger partial charge in [0, 0.05) is 18.1 Å². The molecular weight excluding hydrogens is 276 g/mol. The number of aliphatic hydroxyl groups excluding tert-OH is 1. The van der Waals surface area contributed by atoms with Gasteiger partial charge in [0.2, 0.25) is 0 Å². The number of aliphatic hydroxyl groups is 1. The van der Waals surface area contributed by atoms with Crippen molar-refractivity contribution in [1.82, 2.24) is 10.3 Å². The Balaban J connectivity index is 1.82. The van der Waals surface area contributed by atoms with Gasteiger partial charge in [0.1, 0.15) is 5.69 Å². The maximum absolute atomic E-state index is 12.4. The Morgan fingerprint density at radius 2 is 1.73 bits per heavy atom. The molecule has 0 unspecified atom stereocenters. The van der Waals surface area contributed by atoms with Crippen molar-refractivity contribution in [3.63, 3.8) is 0 Å².